The van der Waals surface area contributed by atoms with Gasteiger partial charge >= 0.3 is 53.6 Å². The van der Waals surface area contributed by atoms with E-state index in [-0.39, 0.29) is 68.0 Å². The standard InChI is InChI=1S/C59H91N9O21S/c1-8-23-64-25-26-65(24-22-60-59(78)84-35-42-20-21-46(45(33-42)68(79)80)88-57-54(87-41(6)72)53(86-40(5)71)52(85-39(4)70)47(89-57)36-83-38(3)69)27-28-66(34-50(75)82-9-2)30-32-67(31-29-64)55(56(76)81-7)62-49(74)19-13-11-10-12-16-43(73)17-14-15-18-48-51-44(37-90-48)61-58(77)63-51/h20-21,33,44,47-48,51-55,57H,8-19,22-32,34-37H2,1-7H3,(H,60,78)(H,62,74)(H2,61,63,77). The molecule has 4 N–H and O–H groups in total. The molecule has 4 saturated heterocycles. The second kappa shape index (κ2) is 38.7. The van der Waals surface area contributed by atoms with Crippen molar-refractivity contribution < 1.29 is 95.5 Å². The number of ketones is 1. The molecular formula is C59H91N9O21S. The lowest BCUT2D eigenvalue weighted by molar-refractivity contribution is -0.387. The number of rotatable bonds is 33. The Morgan fingerprint density at radius 3 is 2.01 bits per heavy atom. The molecule has 1 aromatic carbocycles. The van der Waals surface area contributed by atoms with Crippen molar-refractivity contribution in [1.82, 2.24) is 40.9 Å². The van der Waals surface area contributed by atoms with Gasteiger partial charge in [-0.2, -0.15) is 11.8 Å². The van der Waals surface area contributed by atoms with Crippen molar-refractivity contribution in [2.45, 2.75) is 173 Å². The van der Waals surface area contributed by atoms with Crippen LogP contribution >= 0.6 is 11.8 Å². The number of hydrogen-bond acceptors (Lipinski definition) is 26. The summed E-state index contributed by atoms with van der Waals surface area (Å²) >= 11 is 1.87. The Morgan fingerprint density at radius 1 is 0.744 bits per heavy atom. The first kappa shape index (κ1) is 73.8. The number of alkyl carbamates (subject to hydrolysis) is 1. The summed E-state index contributed by atoms with van der Waals surface area (Å²) in [6.07, 6.45) is -2.24. The maximum Gasteiger partial charge on any atom is 0.407 e. The van der Waals surface area contributed by atoms with E-state index in [1.54, 1.807) is 6.92 Å². The maximum atomic E-state index is 13.5. The summed E-state index contributed by atoms with van der Waals surface area (Å²) in [7, 11) is 1.27. The van der Waals surface area contributed by atoms with Crippen molar-refractivity contribution in [2.24, 2.45) is 0 Å². The number of methoxy groups -OCH3 is 1. The Labute approximate surface area is 528 Å². The minimum atomic E-state index is -1.76. The van der Waals surface area contributed by atoms with E-state index in [0.717, 1.165) is 91.0 Å². The molecule has 0 aromatic heterocycles. The zero-order chi connectivity index (χ0) is 65.7. The molecule has 4 aliphatic rings. The van der Waals surface area contributed by atoms with E-state index in [0.29, 0.717) is 76.9 Å². The van der Waals surface area contributed by atoms with Crippen molar-refractivity contribution in [3.05, 3.63) is 33.9 Å². The third-order valence-corrected chi connectivity index (χ3v) is 16.9. The van der Waals surface area contributed by atoms with Crippen molar-refractivity contribution >= 4 is 77.1 Å². The largest absolute Gasteiger partial charge is 0.466 e. The highest BCUT2D eigenvalue weighted by Crippen LogP contribution is 2.36. The number of fused-ring (bicyclic) bond motifs is 1. The van der Waals surface area contributed by atoms with Crippen LogP contribution in [-0.2, 0) is 82.9 Å². The summed E-state index contributed by atoms with van der Waals surface area (Å²) in [6, 6.07) is 3.89. The van der Waals surface area contributed by atoms with E-state index in [4.69, 9.17) is 42.6 Å². The third-order valence-electron chi connectivity index (χ3n) is 15.4. The molecule has 0 bridgehead atoms. The minimum Gasteiger partial charge on any atom is -0.466 e. The maximum absolute atomic E-state index is 13.5. The van der Waals surface area contributed by atoms with Crippen LogP contribution in [0.1, 0.15) is 118 Å². The van der Waals surface area contributed by atoms with E-state index in [9.17, 15) is 58.1 Å². The second-order valence-corrected chi connectivity index (χ2v) is 23.6. The predicted octanol–water partition coefficient (Wildman–Crippen LogP) is 2.73. The van der Waals surface area contributed by atoms with E-state index in [2.05, 4.69) is 38.0 Å². The summed E-state index contributed by atoms with van der Waals surface area (Å²) < 4.78 is 49.2. The molecule has 90 heavy (non-hydrogen) atoms. The lowest BCUT2D eigenvalue weighted by atomic mass is 9.98. The molecule has 31 heteroatoms. The Hall–Kier alpha value is -6.93. The number of nitrogens with one attached hydrogen (secondary N) is 4. The van der Waals surface area contributed by atoms with Crippen molar-refractivity contribution in [2.75, 3.05) is 105 Å². The number of carbonyl (C=O) groups is 10. The van der Waals surface area contributed by atoms with Gasteiger partial charge in [-0.05, 0) is 57.2 Å². The minimum absolute atomic E-state index is 0.0511. The fourth-order valence-corrected chi connectivity index (χ4v) is 12.5. The van der Waals surface area contributed by atoms with Crippen LogP contribution in [0.5, 0.6) is 5.75 Å². The highest BCUT2D eigenvalue weighted by atomic mass is 32.2. The van der Waals surface area contributed by atoms with Gasteiger partial charge in [0, 0.05) is 129 Å². The zero-order valence-electron chi connectivity index (χ0n) is 52.7. The van der Waals surface area contributed by atoms with E-state index in [1.807, 2.05) is 21.6 Å². The summed E-state index contributed by atoms with van der Waals surface area (Å²) in [6.45, 7) is 11.8. The molecule has 0 saturated carbocycles. The van der Waals surface area contributed by atoms with Gasteiger partial charge in [0.05, 0.1) is 37.3 Å². The van der Waals surface area contributed by atoms with E-state index in [1.165, 1.54) is 19.2 Å². The van der Waals surface area contributed by atoms with Crippen LogP contribution < -0.4 is 26.0 Å². The van der Waals surface area contributed by atoms with Gasteiger partial charge in [-0.25, -0.2) is 14.4 Å². The fraction of sp³-hybridized carbons (Fsp3) is 0.729. The molecule has 4 amide bonds. The Morgan fingerprint density at radius 2 is 1.37 bits per heavy atom. The summed E-state index contributed by atoms with van der Waals surface area (Å²) in [5.74, 6) is -4.05. The molecule has 5 rings (SSSR count). The molecule has 4 fully saturated rings. The molecule has 1 aromatic rings. The van der Waals surface area contributed by atoms with Crippen LogP contribution in [0.25, 0.3) is 0 Å². The summed E-state index contributed by atoms with van der Waals surface area (Å²) in [4.78, 5) is 146. The van der Waals surface area contributed by atoms with Gasteiger partial charge in [0.2, 0.25) is 18.3 Å². The second-order valence-electron chi connectivity index (χ2n) is 22.4. The van der Waals surface area contributed by atoms with Crippen molar-refractivity contribution in [3.63, 3.8) is 0 Å². The number of amides is 4. The Balaban J connectivity index is 1.13. The average Bonchev–Trinajstić information content (AvgIpc) is 1.09. The number of carbonyl (C=O) groups excluding carboxylic acids is 10. The number of nitro groups is 1. The Bertz CT molecular complexity index is 2590. The van der Waals surface area contributed by atoms with Crippen LogP contribution in [0, 0.1) is 10.1 Å². The van der Waals surface area contributed by atoms with Crippen LogP contribution in [-0.4, -0.2) is 243 Å². The summed E-state index contributed by atoms with van der Waals surface area (Å²) in [5, 5.41) is 24.5. The number of thioether (sulfide) groups is 1. The molecule has 0 aliphatic carbocycles. The number of esters is 6. The zero-order valence-corrected chi connectivity index (χ0v) is 53.6. The first-order valence-electron chi connectivity index (χ1n) is 30.9. The fourth-order valence-electron chi connectivity index (χ4n) is 11.0. The molecule has 504 valence electrons. The number of hydrogen-bond donors (Lipinski definition) is 4. The van der Waals surface area contributed by atoms with Gasteiger partial charge in [0.1, 0.15) is 25.1 Å². The highest BCUT2D eigenvalue weighted by Gasteiger charge is 2.54. The SMILES string of the molecule is CCCN1CCN(CCNC(=O)OCc2ccc(OC3OC(COC(C)=O)C(OC(C)=O)C(OC(C)=O)C3OC(C)=O)c([N+](=O)[O-])c2)CCN(CC(=O)OCC)CCN(C(NC(=O)CCCCCCC(=O)CCCCC2SCC3NC(=O)NC32)C(=O)OC)CC1. The van der Waals surface area contributed by atoms with Gasteiger partial charge in [0.25, 0.3) is 0 Å². The quantitative estimate of drug-likeness (QED) is 0.0196. The average molecular weight is 1290 g/mol. The number of Topliss-reactive ketones (excluding diaryl/α,β-unsaturated/α-hetero) is 1. The number of nitrogens with zero attached hydrogens (tertiary/aromatic N) is 5. The van der Waals surface area contributed by atoms with Crippen molar-refractivity contribution in [1.29, 1.82) is 0 Å². The summed E-state index contributed by atoms with van der Waals surface area (Å²) in [5.41, 5.74) is -0.456. The van der Waals surface area contributed by atoms with Gasteiger partial charge < -0.3 is 68.8 Å². The number of urea groups is 1. The van der Waals surface area contributed by atoms with E-state index < -0.39 is 108 Å². The Kier molecular flexibility index (Phi) is 31.7. The van der Waals surface area contributed by atoms with Crippen molar-refractivity contribution in [3.8, 4) is 5.75 Å². The molecule has 9 atom stereocenters. The monoisotopic (exact) mass is 1290 g/mol. The number of unbranched alkanes of at least 4 members (excludes halogenated alkanes) is 4. The number of nitro benzene ring substituents is 1. The third kappa shape index (κ3) is 25.4. The lowest BCUT2D eigenvalue weighted by Gasteiger charge is -2.43. The number of ether oxygens (including phenoxy) is 9. The highest BCUT2D eigenvalue weighted by molar-refractivity contribution is 8.00. The van der Waals surface area contributed by atoms with Crippen LogP contribution in [0.3, 0.4) is 0 Å². The van der Waals surface area contributed by atoms with Crippen LogP contribution in [0.4, 0.5) is 15.3 Å². The molecular weight excluding hydrogens is 1200 g/mol. The van der Waals surface area contributed by atoms with E-state index >= 15 is 0 Å². The molecule has 30 nitrogen and oxygen atoms in total. The van der Waals surface area contributed by atoms with Gasteiger partial charge in [0.15, 0.2) is 24.1 Å². The van der Waals surface area contributed by atoms with Gasteiger partial charge in [-0.15, -0.1) is 0 Å². The van der Waals surface area contributed by atoms with Crippen LogP contribution in [0.15, 0.2) is 18.2 Å². The number of benzene rings is 1. The topological polar surface area (TPSA) is 358 Å². The van der Waals surface area contributed by atoms with Gasteiger partial charge in [-0.3, -0.25) is 58.4 Å². The molecule has 4 heterocycles. The van der Waals surface area contributed by atoms with Crippen LogP contribution in [0.2, 0.25) is 0 Å². The van der Waals surface area contributed by atoms with Gasteiger partial charge in [-0.1, -0.05) is 32.3 Å². The lowest BCUT2D eigenvalue weighted by Crippen LogP contribution is -2.63. The first-order valence-corrected chi connectivity index (χ1v) is 31.9. The molecule has 9 unspecified atom stereocenters. The smallest absolute Gasteiger partial charge is 0.407 e. The molecule has 0 spiro atoms. The predicted molar refractivity (Wildman–Crippen MR) is 322 cm³/mol. The normalized spacial score (nSPS) is 22.9. The molecule has 4 aliphatic heterocycles. The first-order chi connectivity index (χ1) is 43.1. The molecule has 0 radical (unpaired) electrons.